The fourth-order valence-corrected chi connectivity index (χ4v) is 2.30. The minimum Gasteiger partial charge on any atom is -0.493 e. The normalized spacial score (nSPS) is 12.5. The summed E-state index contributed by atoms with van der Waals surface area (Å²) in [5.41, 5.74) is 1.70. The molecule has 2 aromatic rings. The number of hydrogen-bond donors (Lipinski definition) is 2. The van der Waals surface area contributed by atoms with Gasteiger partial charge in [0.05, 0.1) is 13.0 Å². The summed E-state index contributed by atoms with van der Waals surface area (Å²) >= 11 is 0. The molecule has 26 heavy (non-hydrogen) atoms. The number of aryl methyl sites for hydroxylation is 2. The molecule has 0 aromatic heterocycles. The number of amides is 1. The van der Waals surface area contributed by atoms with Gasteiger partial charge in [-0.2, -0.15) is 13.2 Å². The van der Waals surface area contributed by atoms with E-state index in [2.05, 4.69) is 5.32 Å². The molecule has 2 rings (SSSR count). The number of para-hydroxylation sites is 1. The average Bonchev–Trinajstić information content (AvgIpc) is 2.57. The summed E-state index contributed by atoms with van der Waals surface area (Å²) in [5.74, 6) is 0.115. The van der Waals surface area contributed by atoms with Crippen molar-refractivity contribution in [1.82, 2.24) is 0 Å². The highest BCUT2D eigenvalue weighted by atomic mass is 19.4. The zero-order chi connectivity index (χ0) is 19.3. The largest absolute Gasteiger partial charge is 0.493 e. The number of rotatable bonds is 6. The van der Waals surface area contributed by atoms with Gasteiger partial charge in [0, 0.05) is 11.3 Å². The maximum absolute atomic E-state index is 12.7. The molecule has 0 bridgehead atoms. The molecule has 0 fully saturated rings. The van der Waals surface area contributed by atoms with Crippen molar-refractivity contribution in [1.29, 1.82) is 0 Å². The van der Waals surface area contributed by atoms with Crippen LogP contribution < -0.4 is 10.1 Å². The SMILES string of the molecule is Cc1ccc(OCCC(=O)Nc2ccccc2C(O)C(F)(F)F)cc1C. The van der Waals surface area contributed by atoms with Gasteiger partial charge in [-0.05, 0) is 43.2 Å². The average molecular weight is 367 g/mol. The number of aliphatic hydroxyl groups is 1. The summed E-state index contributed by atoms with van der Waals surface area (Å²) < 4.78 is 43.7. The van der Waals surface area contributed by atoms with Gasteiger partial charge < -0.3 is 15.2 Å². The summed E-state index contributed by atoms with van der Waals surface area (Å²) in [5, 5.41) is 11.8. The van der Waals surface area contributed by atoms with Crippen LogP contribution in [0.15, 0.2) is 42.5 Å². The smallest absolute Gasteiger partial charge is 0.418 e. The number of hydrogen-bond acceptors (Lipinski definition) is 3. The van der Waals surface area contributed by atoms with Gasteiger partial charge in [0.15, 0.2) is 6.10 Å². The minimum atomic E-state index is -4.81. The summed E-state index contributed by atoms with van der Waals surface area (Å²) in [6, 6.07) is 10.8. The van der Waals surface area contributed by atoms with E-state index in [1.807, 2.05) is 26.0 Å². The van der Waals surface area contributed by atoms with Crippen molar-refractivity contribution in [2.75, 3.05) is 11.9 Å². The van der Waals surface area contributed by atoms with E-state index in [1.165, 1.54) is 18.2 Å². The van der Waals surface area contributed by atoms with Gasteiger partial charge in [-0.3, -0.25) is 4.79 Å². The monoisotopic (exact) mass is 367 g/mol. The van der Waals surface area contributed by atoms with E-state index in [1.54, 1.807) is 6.07 Å². The van der Waals surface area contributed by atoms with Crippen molar-refractivity contribution in [2.24, 2.45) is 0 Å². The molecule has 0 saturated heterocycles. The highest BCUT2D eigenvalue weighted by Gasteiger charge is 2.40. The van der Waals surface area contributed by atoms with Gasteiger partial charge in [0.2, 0.25) is 5.91 Å². The van der Waals surface area contributed by atoms with Crippen molar-refractivity contribution in [3.8, 4) is 5.75 Å². The molecule has 1 unspecified atom stereocenters. The zero-order valence-electron chi connectivity index (χ0n) is 14.4. The van der Waals surface area contributed by atoms with Crippen molar-refractivity contribution < 1.29 is 27.8 Å². The molecule has 2 N–H and O–H groups in total. The van der Waals surface area contributed by atoms with Gasteiger partial charge in [-0.15, -0.1) is 0 Å². The highest BCUT2D eigenvalue weighted by molar-refractivity contribution is 5.91. The zero-order valence-corrected chi connectivity index (χ0v) is 14.4. The molecule has 0 spiro atoms. The van der Waals surface area contributed by atoms with E-state index >= 15 is 0 Å². The van der Waals surface area contributed by atoms with Gasteiger partial charge in [0.1, 0.15) is 5.75 Å². The number of benzene rings is 2. The van der Waals surface area contributed by atoms with Crippen LogP contribution in [0.3, 0.4) is 0 Å². The first kappa shape index (κ1) is 19.8. The maximum Gasteiger partial charge on any atom is 0.418 e. The quantitative estimate of drug-likeness (QED) is 0.800. The maximum atomic E-state index is 12.7. The predicted octanol–water partition coefficient (Wildman–Crippen LogP) is 4.31. The second kappa shape index (κ2) is 8.23. The second-order valence-electron chi connectivity index (χ2n) is 5.92. The van der Waals surface area contributed by atoms with E-state index in [0.717, 1.165) is 17.2 Å². The summed E-state index contributed by atoms with van der Waals surface area (Å²) in [6.45, 7) is 4.00. The number of nitrogens with one attached hydrogen (secondary N) is 1. The van der Waals surface area contributed by atoms with Crippen LogP contribution in [0.25, 0.3) is 0 Å². The Bertz CT molecular complexity index is 775. The number of halogens is 3. The Morgan fingerprint density at radius 3 is 2.50 bits per heavy atom. The molecule has 0 saturated carbocycles. The standard InChI is InChI=1S/C19H20F3NO3/c1-12-7-8-14(11-13(12)2)26-10-9-17(24)23-16-6-4-3-5-15(16)18(25)19(20,21)22/h3-8,11,18,25H,9-10H2,1-2H3,(H,23,24). The van der Waals surface area contributed by atoms with Crippen LogP contribution in [0.1, 0.15) is 29.2 Å². The lowest BCUT2D eigenvalue weighted by atomic mass is 10.1. The Morgan fingerprint density at radius 2 is 1.85 bits per heavy atom. The Kier molecular flexibility index (Phi) is 6.26. The molecule has 1 atom stereocenters. The topological polar surface area (TPSA) is 58.6 Å². The summed E-state index contributed by atoms with van der Waals surface area (Å²) in [4.78, 5) is 12.0. The van der Waals surface area contributed by atoms with E-state index in [-0.39, 0.29) is 18.7 Å². The van der Waals surface area contributed by atoms with Crippen molar-refractivity contribution >= 4 is 11.6 Å². The molecule has 0 heterocycles. The fraction of sp³-hybridized carbons (Fsp3) is 0.316. The molecule has 2 aromatic carbocycles. The molecular formula is C19H20F3NO3. The van der Waals surface area contributed by atoms with E-state index in [9.17, 15) is 23.1 Å². The number of carbonyl (C=O) groups is 1. The Morgan fingerprint density at radius 1 is 1.15 bits per heavy atom. The van der Waals surface area contributed by atoms with Crippen LogP contribution in [-0.2, 0) is 4.79 Å². The fourth-order valence-electron chi connectivity index (χ4n) is 2.30. The lowest BCUT2D eigenvalue weighted by Gasteiger charge is -2.18. The molecule has 0 aliphatic rings. The van der Waals surface area contributed by atoms with Crippen molar-refractivity contribution in [2.45, 2.75) is 32.5 Å². The molecular weight excluding hydrogens is 347 g/mol. The lowest BCUT2D eigenvalue weighted by Crippen LogP contribution is -2.23. The van der Waals surface area contributed by atoms with Crippen LogP contribution in [0.4, 0.5) is 18.9 Å². The van der Waals surface area contributed by atoms with Crippen LogP contribution in [0.5, 0.6) is 5.75 Å². The molecule has 0 radical (unpaired) electrons. The number of aliphatic hydroxyl groups excluding tert-OH is 1. The van der Waals surface area contributed by atoms with E-state index in [4.69, 9.17) is 4.74 Å². The van der Waals surface area contributed by atoms with Crippen LogP contribution >= 0.6 is 0 Å². The molecule has 7 heteroatoms. The van der Waals surface area contributed by atoms with Crippen molar-refractivity contribution in [3.05, 3.63) is 59.2 Å². The molecule has 4 nitrogen and oxygen atoms in total. The lowest BCUT2D eigenvalue weighted by molar-refractivity contribution is -0.206. The van der Waals surface area contributed by atoms with Gasteiger partial charge in [-0.1, -0.05) is 24.3 Å². The summed E-state index contributed by atoms with van der Waals surface area (Å²) in [7, 11) is 0. The van der Waals surface area contributed by atoms with E-state index < -0.39 is 23.8 Å². The highest BCUT2D eigenvalue weighted by Crippen LogP contribution is 2.35. The molecule has 140 valence electrons. The van der Waals surface area contributed by atoms with E-state index in [0.29, 0.717) is 5.75 Å². The first-order valence-corrected chi connectivity index (χ1v) is 8.02. The number of anilines is 1. The number of ether oxygens (including phenoxy) is 1. The predicted molar refractivity (Wildman–Crippen MR) is 92.1 cm³/mol. The third kappa shape index (κ3) is 5.23. The molecule has 1 amide bonds. The first-order valence-electron chi connectivity index (χ1n) is 8.02. The first-order chi connectivity index (χ1) is 12.2. The Hall–Kier alpha value is -2.54. The van der Waals surface area contributed by atoms with Gasteiger partial charge in [0.25, 0.3) is 0 Å². The summed E-state index contributed by atoms with van der Waals surface area (Å²) in [6.07, 6.45) is -7.51. The van der Waals surface area contributed by atoms with Crippen LogP contribution in [0.2, 0.25) is 0 Å². The van der Waals surface area contributed by atoms with Crippen LogP contribution in [0, 0.1) is 13.8 Å². The van der Waals surface area contributed by atoms with Crippen molar-refractivity contribution in [3.63, 3.8) is 0 Å². The third-order valence-electron chi connectivity index (χ3n) is 3.92. The van der Waals surface area contributed by atoms with Gasteiger partial charge >= 0.3 is 6.18 Å². The third-order valence-corrected chi connectivity index (χ3v) is 3.92. The number of carbonyl (C=O) groups excluding carboxylic acids is 1. The second-order valence-corrected chi connectivity index (χ2v) is 5.92. The minimum absolute atomic E-state index is 0.0383. The molecule has 0 aliphatic heterocycles. The Labute approximate surface area is 149 Å². The van der Waals surface area contributed by atoms with Crippen LogP contribution in [-0.4, -0.2) is 23.8 Å². The number of alkyl halides is 3. The van der Waals surface area contributed by atoms with Gasteiger partial charge in [-0.25, -0.2) is 0 Å². The molecule has 0 aliphatic carbocycles. The Balaban J connectivity index is 1.95.